The maximum absolute atomic E-state index is 12.1. The van der Waals surface area contributed by atoms with Gasteiger partial charge in [-0.25, -0.2) is 0 Å². The molecule has 0 aliphatic heterocycles. The predicted molar refractivity (Wildman–Crippen MR) is 99.2 cm³/mol. The molecule has 3 rings (SSSR count). The minimum absolute atomic E-state index is 0. The van der Waals surface area contributed by atoms with Gasteiger partial charge in [-0.3, -0.25) is 4.79 Å². The fourth-order valence-electron chi connectivity index (χ4n) is 2.53. The third kappa shape index (κ3) is 4.56. The number of halogens is 2. The van der Waals surface area contributed by atoms with Crippen LogP contribution < -0.4 is 11.1 Å². The molecule has 3 N–H and O–H groups in total. The molecule has 1 unspecified atom stereocenters. The zero-order valence-corrected chi connectivity index (χ0v) is 16.5. The number of hydrogen-bond acceptors (Lipinski definition) is 6. The Hall–Kier alpha value is -0.960. The van der Waals surface area contributed by atoms with Crippen LogP contribution in [0.15, 0.2) is 20.4 Å². The van der Waals surface area contributed by atoms with Crippen LogP contribution in [0.25, 0.3) is 10.7 Å². The summed E-state index contributed by atoms with van der Waals surface area (Å²) in [5.41, 5.74) is 5.52. The lowest BCUT2D eigenvalue weighted by molar-refractivity contribution is -0.123. The van der Waals surface area contributed by atoms with E-state index in [4.69, 9.17) is 10.3 Å². The lowest BCUT2D eigenvalue weighted by Gasteiger charge is -2.29. The number of nitrogens with two attached hydrogens (primary N) is 1. The maximum atomic E-state index is 12.1. The molecule has 0 aromatic carbocycles. The van der Waals surface area contributed by atoms with Crippen molar-refractivity contribution in [1.82, 2.24) is 15.5 Å². The fourth-order valence-corrected chi connectivity index (χ4v) is 3.88. The van der Waals surface area contributed by atoms with E-state index < -0.39 is 0 Å². The van der Waals surface area contributed by atoms with Crippen molar-refractivity contribution < 1.29 is 9.32 Å². The minimum Gasteiger partial charge on any atom is -0.349 e. The van der Waals surface area contributed by atoms with E-state index >= 15 is 0 Å². The SMILES string of the molecule is CC(CN)(NC(=O)CCc1nc(-c2cc(Br)cs2)no1)C1CC1.Cl. The Kier molecular flexibility index (Phi) is 6.41. The van der Waals surface area contributed by atoms with Gasteiger partial charge in [0.2, 0.25) is 17.6 Å². The summed E-state index contributed by atoms with van der Waals surface area (Å²) in [5, 5.41) is 8.98. The molecule has 24 heavy (non-hydrogen) atoms. The van der Waals surface area contributed by atoms with E-state index in [0.29, 0.717) is 37.0 Å². The van der Waals surface area contributed by atoms with Crippen molar-refractivity contribution in [1.29, 1.82) is 0 Å². The number of carbonyl (C=O) groups excluding carboxylic acids is 1. The molecular weight excluding hydrogens is 416 g/mol. The first-order valence-electron chi connectivity index (χ1n) is 7.58. The van der Waals surface area contributed by atoms with Crippen molar-refractivity contribution in [2.24, 2.45) is 11.7 Å². The molecule has 1 fully saturated rings. The number of hydrogen-bond donors (Lipinski definition) is 2. The number of thiophene rings is 1. The van der Waals surface area contributed by atoms with Crippen LogP contribution in [0.4, 0.5) is 0 Å². The number of aromatic nitrogens is 2. The molecule has 1 aliphatic carbocycles. The average molecular weight is 436 g/mol. The molecule has 1 amide bonds. The highest BCUT2D eigenvalue weighted by Gasteiger charge is 2.41. The van der Waals surface area contributed by atoms with E-state index in [1.165, 1.54) is 11.3 Å². The Morgan fingerprint density at radius 1 is 1.58 bits per heavy atom. The van der Waals surface area contributed by atoms with Crippen LogP contribution >= 0.6 is 39.7 Å². The quantitative estimate of drug-likeness (QED) is 0.696. The fraction of sp³-hybridized carbons (Fsp3) is 0.533. The molecule has 2 aromatic rings. The molecule has 2 aromatic heterocycles. The number of amides is 1. The maximum Gasteiger partial charge on any atom is 0.227 e. The summed E-state index contributed by atoms with van der Waals surface area (Å²) >= 11 is 4.93. The lowest BCUT2D eigenvalue weighted by atomic mass is 9.95. The van der Waals surface area contributed by atoms with Crippen molar-refractivity contribution in [3.8, 4) is 10.7 Å². The highest BCUT2D eigenvalue weighted by Crippen LogP contribution is 2.39. The minimum atomic E-state index is -0.291. The van der Waals surface area contributed by atoms with Crippen molar-refractivity contribution in [3.63, 3.8) is 0 Å². The van der Waals surface area contributed by atoms with Gasteiger partial charge in [0.1, 0.15) is 0 Å². The lowest BCUT2D eigenvalue weighted by Crippen LogP contribution is -2.53. The zero-order chi connectivity index (χ0) is 16.4. The van der Waals surface area contributed by atoms with E-state index in [2.05, 4.69) is 31.4 Å². The largest absolute Gasteiger partial charge is 0.349 e. The molecule has 1 saturated carbocycles. The van der Waals surface area contributed by atoms with Crippen LogP contribution in [-0.4, -0.2) is 28.1 Å². The Morgan fingerprint density at radius 2 is 2.33 bits per heavy atom. The summed E-state index contributed by atoms with van der Waals surface area (Å²) < 4.78 is 6.21. The summed E-state index contributed by atoms with van der Waals surface area (Å²) in [6, 6.07) is 1.94. The second-order valence-electron chi connectivity index (χ2n) is 6.08. The van der Waals surface area contributed by atoms with E-state index in [-0.39, 0.29) is 23.9 Å². The molecular formula is C15H20BrClN4O2S. The Bertz CT molecular complexity index is 703. The van der Waals surface area contributed by atoms with Crippen LogP contribution in [0.5, 0.6) is 0 Å². The summed E-state index contributed by atoms with van der Waals surface area (Å²) in [6.07, 6.45) is 3.02. The molecule has 2 heterocycles. The molecule has 9 heteroatoms. The van der Waals surface area contributed by atoms with Crippen molar-refractivity contribution in [2.45, 2.75) is 38.1 Å². The molecule has 1 aliphatic rings. The second-order valence-corrected chi connectivity index (χ2v) is 7.91. The van der Waals surface area contributed by atoms with Gasteiger partial charge in [0.15, 0.2) is 0 Å². The molecule has 0 bridgehead atoms. The molecule has 6 nitrogen and oxygen atoms in total. The topological polar surface area (TPSA) is 94.0 Å². The standard InChI is InChI=1S/C15H19BrN4O2S.ClH/c1-15(8-17,9-2-3-9)19-12(21)4-5-13-18-14(20-22-13)11-6-10(16)7-23-11;/h6-7,9H,2-5,8,17H2,1H3,(H,19,21);1H. The van der Waals surface area contributed by atoms with Crippen LogP contribution in [0.3, 0.4) is 0 Å². The van der Waals surface area contributed by atoms with Crippen molar-refractivity contribution in [2.75, 3.05) is 6.54 Å². The van der Waals surface area contributed by atoms with Gasteiger partial charge in [-0.2, -0.15) is 4.98 Å². The van der Waals surface area contributed by atoms with Crippen molar-refractivity contribution in [3.05, 3.63) is 21.8 Å². The number of nitrogens with zero attached hydrogens (tertiary/aromatic N) is 2. The van der Waals surface area contributed by atoms with Crippen LogP contribution in [0.1, 0.15) is 32.1 Å². The van der Waals surface area contributed by atoms with Gasteiger partial charge in [-0.15, -0.1) is 23.7 Å². The first kappa shape index (κ1) is 19.4. The van der Waals surface area contributed by atoms with Gasteiger partial charge >= 0.3 is 0 Å². The summed E-state index contributed by atoms with van der Waals surface area (Å²) in [5.74, 6) is 1.51. The average Bonchev–Trinajstić information content (AvgIpc) is 3.14. The van der Waals surface area contributed by atoms with Crippen LogP contribution in [0, 0.1) is 5.92 Å². The highest BCUT2D eigenvalue weighted by molar-refractivity contribution is 9.10. The monoisotopic (exact) mass is 434 g/mol. The Morgan fingerprint density at radius 3 is 2.92 bits per heavy atom. The van der Waals surface area contributed by atoms with Gasteiger partial charge in [0.25, 0.3) is 0 Å². The van der Waals surface area contributed by atoms with Crippen LogP contribution in [-0.2, 0) is 11.2 Å². The van der Waals surface area contributed by atoms with E-state index in [1.54, 1.807) is 0 Å². The van der Waals surface area contributed by atoms with Gasteiger partial charge in [0, 0.05) is 29.2 Å². The molecule has 132 valence electrons. The smallest absolute Gasteiger partial charge is 0.227 e. The van der Waals surface area contributed by atoms with Crippen LogP contribution in [0.2, 0.25) is 0 Å². The summed E-state index contributed by atoms with van der Waals surface area (Å²) in [6.45, 7) is 2.48. The third-order valence-electron chi connectivity index (χ3n) is 4.15. The summed E-state index contributed by atoms with van der Waals surface area (Å²) in [7, 11) is 0. The van der Waals surface area contributed by atoms with E-state index in [9.17, 15) is 4.79 Å². The predicted octanol–water partition coefficient (Wildman–Crippen LogP) is 3.16. The van der Waals surface area contributed by atoms with Crippen molar-refractivity contribution >= 4 is 45.6 Å². The number of aryl methyl sites for hydroxylation is 1. The Labute approximate surface area is 159 Å². The van der Waals surface area contributed by atoms with Gasteiger partial charge in [-0.1, -0.05) is 5.16 Å². The number of rotatable bonds is 7. The molecule has 0 spiro atoms. The number of nitrogens with one attached hydrogen (secondary N) is 1. The highest BCUT2D eigenvalue weighted by atomic mass is 79.9. The normalized spacial score (nSPS) is 16.3. The van der Waals surface area contributed by atoms with Gasteiger partial charge < -0.3 is 15.6 Å². The van der Waals surface area contributed by atoms with Gasteiger partial charge in [-0.05, 0) is 47.7 Å². The number of carbonyl (C=O) groups is 1. The molecule has 0 radical (unpaired) electrons. The third-order valence-corrected chi connectivity index (χ3v) is 5.84. The zero-order valence-electron chi connectivity index (χ0n) is 13.3. The van der Waals surface area contributed by atoms with E-state index in [1.807, 2.05) is 18.4 Å². The molecule has 1 atom stereocenters. The summed E-state index contributed by atoms with van der Waals surface area (Å²) in [4.78, 5) is 17.4. The van der Waals surface area contributed by atoms with E-state index in [0.717, 1.165) is 22.2 Å². The van der Waals surface area contributed by atoms with Gasteiger partial charge in [0.05, 0.1) is 10.4 Å². The Balaban J connectivity index is 0.00000208. The first-order valence-corrected chi connectivity index (χ1v) is 9.25. The second kappa shape index (κ2) is 7.95. The first-order chi connectivity index (χ1) is 11.0. The molecule has 0 saturated heterocycles.